The van der Waals surface area contributed by atoms with E-state index in [0.29, 0.717) is 6.54 Å². The van der Waals surface area contributed by atoms with Gasteiger partial charge in [0.05, 0.1) is 12.2 Å². The molecule has 4 heterocycles. The molecule has 2 fully saturated rings. The van der Waals surface area contributed by atoms with Crippen molar-refractivity contribution in [3.05, 3.63) is 42.4 Å². The zero-order chi connectivity index (χ0) is 21.6. The van der Waals surface area contributed by atoms with Gasteiger partial charge < -0.3 is 24.8 Å². The number of guanidine groups is 1. The summed E-state index contributed by atoms with van der Waals surface area (Å²) in [6.07, 6.45) is 5.97. The first-order chi connectivity index (χ1) is 15.1. The number of nitrogens with one attached hydrogen (secondary N) is 1. The van der Waals surface area contributed by atoms with Gasteiger partial charge >= 0.3 is 0 Å². The Bertz CT molecular complexity index is 842. The van der Waals surface area contributed by atoms with Gasteiger partial charge in [0.15, 0.2) is 5.96 Å². The topological polar surface area (TPSA) is 82.0 Å². The van der Waals surface area contributed by atoms with Gasteiger partial charge in [-0.3, -0.25) is 4.99 Å². The van der Waals surface area contributed by atoms with Crippen molar-refractivity contribution in [1.29, 1.82) is 0 Å². The monoisotopic (exact) mass is 424 g/mol. The number of morpholine rings is 1. The normalized spacial score (nSPS) is 22.5. The first-order valence-corrected chi connectivity index (χ1v) is 11.0. The third-order valence-electron chi connectivity index (χ3n) is 5.63. The maximum absolute atomic E-state index is 5.82. The fourth-order valence-corrected chi connectivity index (χ4v) is 4.16. The van der Waals surface area contributed by atoms with Crippen LogP contribution in [0.25, 0.3) is 0 Å². The van der Waals surface area contributed by atoms with E-state index in [1.54, 1.807) is 12.4 Å². The molecule has 4 rings (SSSR count). The first-order valence-electron chi connectivity index (χ1n) is 11.0. The lowest BCUT2D eigenvalue weighted by Crippen LogP contribution is -2.52. The van der Waals surface area contributed by atoms with E-state index in [1.165, 1.54) is 0 Å². The molecule has 2 saturated heterocycles. The lowest BCUT2D eigenvalue weighted by Gasteiger charge is -2.36. The van der Waals surface area contributed by atoms with Crippen molar-refractivity contribution < 1.29 is 4.74 Å². The predicted octanol–water partition coefficient (Wildman–Crippen LogP) is 1.38. The summed E-state index contributed by atoms with van der Waals surface area (Å²) in [5.74, 6) is 2.71. The average Bonchev–Trinajstić information content (AvgIpc) is 2.80. The molecule has 1 N–H and O–H groups in total. The van der Waals surface area contributed by atoms with Crippen molar-refractivity contribution in [3.63, 3.8) is 0 Å². The quantitative estimate of drug-likeness (QED) is 0.582. The van der Waals surface area contributed by atoms with Crippen LogP contribution in [0.4, 0.5) is 11.8 Å². The Kier molecular flexibility index (Phi) is 6.81. The molecule has 31 heavy (non-hydrogen) atoms. The molecule has 2 aromatic heterocycles. The van der Waals surface area contributed by atoms with E-state index in [-0.39, 0.29) is 12.2 Å². The minimum atomic E-state index is 0.226. The van der Waals surface area contributed by atoms with Gasteiger partial charge in [0.25, 0.3) is 0 Å². The lowest BCUT2D eigenvalue weighted by atomic mass is 10.2. The molecule has 0 bridgehead atoms. The van der Waals surface area contributed by atoms with Crippen LogP contribution in [0, 0.1) is 0 Å². The zero-order valence-electron chi connectivity index (χ0n) is 18.6. The van der Waals surface area contributed by atoms with Crippen LogP contribution in [0.15, 0.2) is 41.8 Å². The van der Waals surface area contributed by atoms with Crippen LogP contribution in [0.1, 0.15) is 19.4 Å². The van der Waals surface area contributed by atoms with E-state index in [2.05, 4.69) is 65.9 Å². The average molecular weight is 425 g/mol. The fraction of sp³-hybridized carbons (Fsp3) is 0.545. The van der Waals surface area contributed by atoms with Gasteiger partial charge in [-0.15, -0.1) is 0 Å². The summed E-state index contributed by atoms with van der Waals surface area (Å²) in [6.45, 7) is 10.2. The van der Waals surface area contributed by atoms with Gasteiger partial charge in [0.2, 0.25) is 5.95 Å². The summed E-state index contributed by atoms with van der Waals surface area (Å²) in [5, 5.41) is 3.48. The van der Waals surface area contributed by atoms with Crippen LogP contribution in [-0.4, -0.2) is 84.3 Å². The number of pyridine rings is 1. The second-order valence-corrected chi connectivity index (χ2v) is 8.11. The fourth-order valence-electron chi connectivity index (χ4n) is 4.16. The molecule has 0 amide bonds. The van der Waals surface area contributed by atoms with E-state index in [0.717, 1.165) is 62.6 Å². The smallest absolute Gasteiger partial charge is 0.225 e. The number of piperazine rings is 1. The Morgan fingerprint density at radius 3 is 2.35 bits per heavy atom. The molecule has 0 spiro atoms. The Labute approximate surface area is 184 Å². The number of hydrogen-bond acceptors (Lipinski definition) is 7. The zero-order valence-corrected chi connectivity index (χ0v) is 18.6. The minimum absolute atomic E-state index is 0.226. The molecule has 2 aromatic rings. The Hall–Kier alpha value is -2.94. The van der Waals surface area contributed by atoms with Crippen molar-refractivity contribution in [1.82, 2.24) is 25.2 Å². The van der Waals surface area contributed by atoms with E-state index in [9.17, 15) is 0 Å². The highest BCUT2D eigenvalue weighted by Gasteiger charge is 2.23. The second kappa shape index (κ2) is 9.91. The Morgan fingerprint density at radius 1 is 1.03 bits per heavy atom. The number of anilines is 2. The summed E-state index contributed by atoms with van der Waals surface area (Å²) in [4.78, 5) is 24.6. The van der Waals surface area contributed by atoms with Gasteiger partial charge in [0, 0.05) is 71.5 Å². The standard InChI is InChI=1S/C22H32N8O/c1-17-15-30(16-18(2)31-17)20-6-5-19(13-26-20)14-27-21(23-3)28-9-11-29(12-10-28)22-24-7-4-8-25-22/h4-8,13,17-18H,9-12,14-16H2,1-3H3,(H,23,27). The molecule has 2 aliphatic heterocycles. The highest BCUT2D eigenvalue weighted by atomic mass is 16.5. The molecule has 0 saturated carbocycles. The molecule has 0 aliphatic carbocycles. The predicted molar refractivity (Wildman–Crippen MR) is 122 cm³/mol. The number of nitrogens with zero attached hydrogens (tertiary/aromatic N) is 7. The van der Waals surface area contributed by atoms with Gasteiger partial charge in [-0.05, 0) is 31.5 Å². The maximum Gasteiger partial charge on any atom is 0.225 e. The van der Waals surface area contributed by atoms with Crippen molar-refractivity contribution in [3.8, 4) is 0 Å². The highest BCUT2D eigenvalue weighted by Crippen LogP contribution is 2.18. The number of rotatable bonds is 4. The Morgan fingerprint density at radius 2 is 1.74 bits per heavy atom. The van der Waals surface area contributed by atoms with E-state index < -0.39 is 0 Å². The summed E-state index contributed by atoms with van der Waals surface area (Å²) < 4.78 is 5.82. The van der Waals surface area contributed by atoms with Crippen LogP contribution < -0.4 is 15.1 Å². The molecule has 0 radical (unpaired) electrons. The molecule has 2 aliphatic rings. The minimum Gasteiger partial charge on any atom is -0.372 e. The van der Waals surface area contributed by atoms with Crippen LogP contribution in [-0.2, 0) is 11.3 Å². The summed E-state index contributed by atoms with van der Waals surface area (Å²) in [6, 6.07) is 6.08. The Balaban J connectivity index is 1.28. The van der Waals surface area contributed by atoms with Crippen molar-refractivity contribution in [2.24, 2.45) is 4.99 Å². The summed E-state index contributed by atoms with van der Waals surface area (Å²) in [7, 11) is 1.83. The highest BCUT2D eigenvalue weighted by molar-refractivity contribution is 5.80. The molecule has 0 aromatic carbocycles. The van der Waals surface area contributed by atoms with Crippen molar-refractivity contribution in [2.75, 3.05) is 56.1 Å². The van der Waals surface area contributed by atoms with E-state index in [4.69, 9.17) is 4.74 Å². The number of hydrogen-bond donors (Lipinski definition) is 1. The van der Waals surface area contributed by atoms with E-state index in [1.807, 2.05) is 19.3 Å². The molecule has 166 valence electrons. The van der Waals surface area contributed by atoms with Crippen LogP contribution in [0.5, 0.6) is 0 Å². The van der Waals surface area contributed by atoms with Gasteiger partial charge in [0.1, 0.15) is 5.82 Å². The van der Waals surface area contributed by atoms with Crippen LogP contribution in [0.3, 0.4) is 0 Å². The SMILES string of the molecule is CN=C(NCc1ccc(N2CC(C)OC(C)C2)nc1)N1CCN(c2ncccn2)CC1. The number of aromatic nitrogens is 3. The van der Waals surface area contributed by atoms with Gasteiger partial charge in [-0.2, -0.15) is 0 Å². The first kappa shape index (κ1) is 21.3. The molecular weight excluding hydrogens is 392 g/mol. The molecule has 9 nitrogen and oxygen atoms in total. The largest absolute Gasteiger partial charge is 0.372 e. The van der Waals surface area contributed by atoms with E-state index >= 15 is 0 Å². The third kappa shape index (κ3) is 5.41. The van der Waals surface area contributed by atoms with Crippen molar-refractivity contribution >= 4 is 17.7 Å². The maximum atomic E-state index is 5.82. The van der Waals surface area contributed by atoms with Crippen LogP contribution >= 0.6 is 0 Å². The summed E-state index contributed by atoms with van der Waals surface area (Å²) in [5.41, 5.74) is 1.13. The third-order valence-corrected chi connectivity index (χ3v) is 5.63. The second-order valence-electron chi connectivity index (χ2n) is 8.11. The summed E-state index contributed by atoms with van der Waals surface area (Å²) >= 11 is 0. The number of aliphatic imine (C=N–C) groups is 1. The number of ether oxygens (including phenoxy) is 1. The van der Waals surface area contributed by atoms with Gasteiger partial charge in [-0.25, -0.2) is 15.0 Å². The lowest BCUT2D eigenvalue weighted by molar-refractivity contribution is -0.00545. The molecular formula is C22H32N8O. The molecule has 2 unspecified atom stereocenters. The molecule has 2 atom stereocenters. The van der Waals surface area contributed by atoms with Gasteiger partial charge in [-0.1, -0.05) is 6.07 Å². The van der Waals surface area contributed by atoms with Crippen molar-refractivity contribution in [2.45, 2.75) is 32.6 Å². The van der Waals surface area contributed by atoms with Crippen LogP contribution in [0.2, 0.25) is 0 Å². The molecule has 9 heteroatoms.